The average molecular weight is 178 g/mol. The van der Waals surface area contributed by atoms with E-state index in [0.717, 1.165) is 25.7 Å². The minimum absolute atomic E-state index is 0.170. The molecule has 1 spiro atoms. The quantitative estimate of drug-likeness (QED) is 0.568. The number of allylic oxidation sites excluding steroid dienone is 2. The van der Waals surface area contributed by atoms with E-state index in [0.29, 0.717) is 18.6 Å². The molecule has 0 unspecified atom stereocenters. The van der Waals surface area contributed by atoms with E-state index in [4.69, 9.17) is 0 Å². The molecule has 0 bridgehead atoms. The van der Waals surface area contributed by atoms with E-state index in [2.05, 4.69) is 0 Å². The minimum atomic E-state index is -0.244. The molecule has 0 radical (unpaired) electrons. The zero-order valence-corrected chi connectivity index (χ0v) is 7.71. The molecule has 2 rings (SSSR count). The zero-order valence-electron chi connectivity index (χ0n) is 7.71. The Labute approximate surface area is 78.0 Å². The molecule has 70 valence electrons. The van der Waals surface area contributed by atoms with E-state index in [1.165, 1.54) is 0 Å². The first-order valence-electron chi connectivity index (χ1n) is 4.98. The minimum Gasteiger partial charge on any atom is -0.299 e. The molecule has 0 aliphatic heterocycles. The molecule has 2 heteroatoms. The molecule has 2 aliphatic rings. The third-order valence-corrected chi connectivity index (χ3v) is 3.24. The monoisotopic (exact) mass is 178 g/mol. The molecule has 0 aromatic carbocycles. The van der Waals surface area contributed by atoms with Gasteiger partial charge >= 0.3 is 0 Å². The van der Waals surface area contributed by atoms with Gasteiger partial charge in [0.15, 0.2) is 5.78 Å². The third kappa shape index (κ3) is 1.45. The molecule has 0 amide bonds. The highest BCUT2D eigenvalue weighted by Crippen LogP contribution is 2.40. The van der Waals surface area contributed by atoms with Crippen LogP contribution in [0, 0.1) is 5.41 Å². The maximum Gasteiger partial charge on any atom is 0.155 e. The first-order chi connectivity index (χ1) is 6.23. The number of hydrogen-bond donors (Lipinski definition) is 0. The summed E-state index contributed by atoms with van der Waals surface area (Å²) < 4.78 is 0. The molecule has 0 aromatic rings. The lowest BCUT2D eigenvalue weighted by Crippen LogP contribution is -2.34. The summed E-state index contributed by atoms with van der Waals surface area (Å²) in [6.45, 7) is 0. The normalized spacial score (nSPS) is 34.2. The van der Waals surface area contributed by atoms with Crippen LogP contribution >= 0.6 is 0 Å². The van der Waals surface area contributed by atoms with E-state index < -0.39 is 0 Å². The third-order valence-electron chi connectivity index (χ3n) is 3.24. The Bertz CT molecular complexity index is 278. The van der Waals surface area contributed by atoms with Gasteiger partial charge in [-0.1, -0.05) is 12.5 Å². The van der Waals surface area contributed by atoms with Gasteiger partial charge < -0.3 is 0 Å². The molecule has 0 aromatic heterocycles. The van der Waals surface area contributed by atoms with Crippen molar-refractivity contribution < 1.29 is 9.59 Å². The highest BCUT2D eigenvalue weighted by molar-refractivity contribution is 5.95. The van der Waals surface area contributed by atoms with E-state index in [9.17, 15) is 9.59 Å². The van der Waals surface area contributed by atoms with Gasteiger partial charge in [0, 0.05) is 18.3 Å². The maximum absolute atomic E-state index is 11.7. The van der Waals surface area contributed by atoms with Gasteiger partial charge in [-0.15, -0.1) is 0 Å². The second-order valence-corrected chi connectivity index (χ2v) is 4.09. The van der Waals surface area contributed by atoms with E-state index in [1.807, 2.05) is 6.08 Å². The topological polar surface area (TPSA) is 34.1 Å². The summed E-state index contributed by atoms with van der Waals surface area (Å²) in [6, 6.07) is 0. The van der Waals surface area contributed by atoms with E-state index in [1.54, 1.807) is 6.08 Å². The Kier molecular flexibility index (Phi) is 2.06. The van der Waals surface area contributed by atoms with Crippen molar-refractivity contribution in [2.45, 2.75) is 38.5 Å². The lowest BCUT2D eigenvalue weighted by molar-refractivity contribution is -0.129. The van der Waals surface area contributed by atoms with Crippen LogP contribution in [0.5, 0.6) is 0 Å². The van der Waals surface area contributed by atoms with Crippen molar-refractivity contribution in [3.8, 4) is 0 Å². The number of carbonyl (C=O) groups is 2. The molecule has 0 saturated heterocycles. The van der Waals surface area contributed by atoms with Crippen molar-refractivity contribution in [1.82, 2.24) is 0 Å². The molecule has 13 heavy (non-hydrogen) atoms. The Morgan fingerprint density at radius 1 is 1.08 bits per heavy atom. The molecule has 2 aliphatic carbocycles. The fourth-order valence-corrected chi connectivity index (χ4v) is 2.32. The molecular weight excluding hydrogens is 164 g/mol. The van der Waals surface area contributed by atoms with Crippen LogP contribution in [-0.4, -0.2) is 11.6 Å². The van der Waals surface area contributed by atoms with Crippen molar-refractivity contribution in [2.75, 3.05) is 0 Å². The summed E-state index contributed by atoms with van der Waals surface area (Å²) in [4.78, 5) is 22.7. The highest BCUT2D eigenvalue weighted by Gasteiger charge is 2.38. The molecule has 1 fully saturated rings. The van der Waals surface area contributed by atoms with Gasteiger partial charge in [0.05, 0.1) is 0 Å². The Morgan fingerprint density at radius 3 is 2.54 bits per heavy atom. The van der Waals surface area contributed by atoms with Gasteiger partial charge in [0.25, 0.3) is 0 Å². The Morgan fingerprint density at radius 2 is 1.92 bits per heavy atom. The average Bonchev–Trinajstić information content (AvgIpc) is 2.15. The largest absolute Gasteiger partial charge is 0.299 e. The zero-order chi connectivity index (χ0) is 9.31. The number of carbonyl (C=O) groups excluding carboxylic acids is 2. The van der Waals surface area contributed by atoms with Crippen LogP contribution in [0.3, 0.4) is 0 Å². The summed E-state index contributed by atoms with van der Waals surface area (Å²) in [6.07, 6.45) is 8.59. The molecule has 1 atom stereocenters. The van der Waals surface area contributed by atoms with Crippen molar-refractivity contribution in [1.29, 1.82) is 0 Å². The molecule has 1 saturated carbocycles. The first-order valence-corrected chi connectivity index (χ1v) is 4.98. The molecule has 0 N–H and O–H groups in total. The van der Waals surface area contributed by atoms with Gasteiger partial charge in [-0.2, -0.15) is 0 Å². The predicted molar refractivity (Wildman–Crippen MR) is 49.3 cm³/mol. The van der Waals surface area contributed by atoms with Crippen LogP contribution in [0.1, 0.15) is 38.5 Å². The highest BCUT2D eigenvalue weighted by atomic mass is 16.1. The van der Waals surface area contributed by atoms with E-state index in [-0.39, 0.29) is 11.2 Å². The van der Waals surface area contributed by atoms with Crippen molar-refractivity contribution in [2.24, 2.45) is 5.41 Å². The SMILES string of the molecule is O=C1C=C[C@]2(CCCCC2=O)CC1. The lowest BCUT2D eigenvalue weighted by atomic mass is 9.68. The van der Waals surface area contributed by atoms with Gasteiger partial charge in [-0.3, -0.25) is 9.59 Å². The first kappa shape index (κ1) is 8.67. The van der Waals surface area contributed by atoms with Crippen LogP contribution in [0.25, 0.3) is 0 Å². The Hall–Kier alpha value is -0.920. The second kappa shape index (κ2) is 3.09. The molecule has 0 heterocycles. The van der Waals surface area contributed by atoms with Gasteiger partial charge in [-0.05, 0) is 25.3 Å². The summed E-state index contributed by atoms with van der Waals surface area (Å²) in [7, 11) is 0. The van der Waals surface area contributed by atoms with Gasteiger partial charge in [-0.25, -0.2) is 0 Å². The maximum atomic E-state index is 11.7. The van der Waals surface area contributed by atoms with Crippen molar-refractivity contribution in [3.63, 3.8) is 0 Å². The predicted octanol–water partition coefficient (Wildman–Crippen LogP) is 2.04. The van der Waals surface area contributed by atoms with Crippen LogP contribution in [0.4, 0.5) is 0 Å². The van der Waals surface area contributed by atoms with Crippen molar-refractivity contribution >= 4 is 11.6 Å². The molecule has 2 nitrogen and oxygen atoms in total. The number of Topliss-reactive ketones (excluding diaryl/α,β-unsaturated/α-hetero) is 1. The lowest BCUT2D eigenvalue weighted by Gasteiger charge is -2.34. The number of hydrogen-bond acceptors (Lipinski definition) is 2. The van der Waals surface area contributed by atoms with Crippen LogP contribution in [0.2, 0.25) is 0 Å². The van der Waals surface area contributed by atoms with Crippen LogP contribution < -0.4 is 0 Å². The van der Waals surface area contributed by atoms with E-state index >= 15 is 0 Å². The standard InChI is InChI=1S/C11H14O2/c12-9-4-7-11(8-5-9)6-2-1-3-10(11)13/h4,7H,1-3,5-6,8H2/t11-/m1/s1. The van der Waals surface area contributed by atoms with Crippen LogP contribution in [0.15, 0.2) is 12.2 Å². The van der Waals surface area contributed by atoms with Crippen LogP contribution in [-0.2, 0) is 9.59 Å². The summed E-state index contributed by atoms with van der Waals surface area (Å²) >= 11 is 0. The summed E-state index contributed by atoms with van der Waals surface area (Å²) in [5.41, 5.74) is -0.244. The van der Waals surface area contributed by atoms with Gasteiger partial charge in [0.1, 0.15) is 5.78 Å². The smallest absolute Gasteiger partial charge is 0.155 e. The fourth-order valence-electron chi connectivity index (χ4n) is 2.32. The summed E-state index contributed by atoms with van der Waals surface area (Å²) in [5, 5.41) is 0. The number of ketones is 2. The van der Waals surface area contributed by atoms with Crippen molar-refractivity contribution in [3.05, 3.63) is 12.2 Å². The second-order valence-electron chi connectivity index (χ2n) is 4.09. The van der Waals surface area contributed by atoms with Gasteiger partial charge in [0.2, 0.25) is 0 Å². The Balaban J connectivity index is 2.23. The molecular formula is C11H14O2. The number of rotatable bonds is 0. The fraction of sp³-hybridized carbons (Fsp3) is 0.636. The summed E-state index contributed by atoms with van der Waals surface area (Å²) in [5.74, 6) is 0.520.